The Hall–Kier alpha value is -3.12. The Labute approximate surface area is 186 Å². The molecule has 2 amide bonds. The third-order valence-electron chi connectivity index (χ3n) is 5.63. The topological polar surface area (TPSA) is 58.6 Å². The Bertz CT molecular complexity index is 1030. The molecule has 1 atom stereocenters. The highest BCUT2D eigenvalue weighted by molar-refractivity contribution is 7.13. The van der Waals surface area contributed by atoms with E-state index in [1.54, 1.807) is 18.4 Å². The maximum absolute atomic E-state index is 13.0. The van der Waals surface area contributed by atoms with Crippen LogP contribution in [0.1, 0.15) is 11.1 Å². The molecule has 0 aliphatic carbocycles. The van der Waals surface area contributed by atoms with Crippen LogP contribution >= 0.6 is 11.3 Å². The van der Waals surface area contributed by atoms with Gasteiger partial charge in [0.1, 0.15) is 5.75 Å². The average Bonchev–Trinajstić information content (AvgIpc) is 3.26. The minimum Gasteiger partial charge on any atom is -0.497 e. The summed E-state index contributed by atoms with van der Waals surface area (Å²) in [6, 6.07) is 19.9. The number of amides is 2. The van der Waals surface area contributed by atoms with Gasteiger partial charge >= 0.3 is 0 Å². The second-order valence-corrected chi connectivity index (χ2v) is 8.64. The van der Waals surface area contributed by atoms with Crippen molar-refractivity contribution in [2.24, 2.45) is 5.92 Å². The number of hydrogen-bond donors (Lipinski definition) is 1. The van der Waals surface area contributed by atoms with Gasteiger partial charge in [-0.05, 0) is 46.7 Å². The van der Waals surface area contributed by atoms with Gasteiger partial charge in [0.25, 0.3) is 0 Å². The fraction of sp³-hybridized carbons (Fsp3) is 0.280. The molecule has 4 rings (SSSR count). The lowest BCUT2D eigenvalue weighted by atomic mass is 9.94. The zero-order valence-electron chi connectivity index (χ0n) is 17.5. The summed E-state index contributed by atoms with van der Waals surface area (Å²) in [7, 11) is 1.62. The molecule has 1 fully saturated rings. The molecule has 0 bridgehead atoms. The van der Waals surface area contributed by atoms with E-state index in [1.165, 1.54) is 4.88 Å². The summed E-state index contributed by atoms with van der Waals surface area (Å²) in [6.45, 7) is 1.44. The molecule has 1 aromatic heterocycles. The monoisotopic (exact) mass is 434 g/mol. The number of carbonyl (C=O) groups excluding carboxylic acids is 2. The van der Waals surface area contributed by atoms with Gasteiger partial charge in [0.2, 0.25) is 11.8 Å². The minimum absolute atomic E-state index is 0.0146. The molecular formula is C25H26N2O3S. The second-order valence-electron chi connectivity index (χ2n) is 7.69. The van der Waals surface area contributed by atoms with Crippen molar-refractivity contribution in [2.75, 3.05) is 26.7 Å². The number of benzene rings is 2. The van der Waals surface area contributed by atoms with Gasteiger partial charge in [-0.25, -0.2) is 0 Å². The quantitative estimate of drug-likeness (QED) is 0.642. The van der Waals surface area contributed by atoms with Gasteiger partial charge in [0, 0.05) is 24.5 Å². The van der Waals surface area contributed by atoms with Crippen LogP contribution in [0.15, 0.2) is 66.0 Å². The van der Waals surface area contributed by atoms with E-state index in [9.17, 15) is 9.59 Å². The maximum Gasteiger partial charge on any atom is 0.227 e. The molecule has 1 aliphatic rings. The number of carbonyl (C=O) groups is 2. The molecule has 0 saturated carbocycles. The molecule has 2 aromatic carbocycles. The van der Waals surface area contributed by atoms with Crippen LogP contribution < -0.4 is 10.1 Å². The van der Waals surface area contributed by atoms with E-state index in [0.717, 1.165) is 22.4 Å². The van der Waals surface area contributed by atoms with Crippen molar-refractivity contribution in [1.82, 2.24) is 10.2 Å². The van der Waals surface area contributed by atoms with Gasteiger partial charge in [0.15, 0.2) is 0 Å². The fourth-order valence-electron chi connectivity index (χ4n) is 3.95. The first-order valence-electron chi connectivity index (χ1n) is 10.4. The largest absolute Gasteiger partial charge is 0.497 e. The van der Waals surface area contributed by atoms with Gasteiger partial charge in [-0.2, -0.15) is 0 Å². The molecule has 1 N–H and O–H groups in total. The van der Waals surface area contributed by atoms with Crippen LogP contribution in [0.4, 0.5) is 0 Å². The molecule has 0 spiro atoms. The van der Waals surface area contributed by atoms with Crippen molar-refractivity contribution in [3.63, 3.8) is 0 Å². The molecule has 3 aromatic rings. The van der Waals surface area contributed by atoms with Crippen LogP contribution in [-0.4, -0.2) is 43.5 Å². The first kappa shape index (κ1) is 21.1. The normalized spacial score (nSPS) is 16.5. The van der Waals surface area contributed by atoms with Crippen LogP contribution in [0.25, 0.3) is 10.4 Å². The third kappa shape index (κ3) is 5.14. The summed E-state index contributed by atoms with van der Waals surface area (Å²) in [5, 5.41) is 5.05. The van der Waals surface area contributed by atoms with Crippen LogP contribution in [0.3, 0.4) is 0 Å². The standard InChI is InChI=1S/C25H26N2O3S/c1-30-21-10-8-18(9-11-21)15-24(28)27-13-12-26-25(29)20(17-27)16-19-5-2-3-6-22(19)23-7-4-14-31-23/h2-11,14,20H,12-13,15-17H2,1H3,(H,26,29)/t20-/m1/s1. The Kier molecular flexibility index (Phi) is 6.67. The van der Waals surface area contributed by atoms with E-state index in [1.807, 2.05) is 47.4 Å². The van der Waals surface area contributed by atoms with Crippen molar-refractivity contribution in [3.05, 3.63) is 77.2 Å². The highest BCUT2D eigenvalue weighted by Crippen LogP contribution is 2.30. The zero-order chi connectivity index (χ0) is 21.6. The summed E-state index contributed by atoms with van der Waals surface area (Å²) in [4.78, 5) is 28.8. The molecule has 160 valence electrons. The van der Waals surface area contributed by atoms with E-state index in [2.05, 4.69) is 28.9 Å². The summed E-state index contributed by atoms with van der Waals surface area (Å²) < 4.78 is 5.19. The summed E-state index contributed by atoms with van der Waals surface area (Å²) in [6.07, 6.45) is 0.920. The number of hydrogen-bond acceptors (Lipinski definition) is 4. The Balaban J connectivity index is 1.48. The zero-order valence-corrected chi connectivity index (χ0v) is 18.4. The molecule has 1 saturated heterocycles. The third-order valence-corrected chi connectivity index (χ3v) is 6.53. The van der Waals surface area contributed by atoms with Gasteiger partial charge in [-0.3, -0.25) is 9.59 Å². The molecule has 1 aliphatic heterocycles. The summed E-state index contributed by atoms with van der Waals surface area (Å²) >= 11 is 1.69. The van der Waals surface area contributed by atoms with Gasteiger partial charge in [0.05, 0.1) is 19.4 Å². The van der Waals surface area contributed by atoms with E-state index < -0.39 is 0 Å². The second kappa shape index (κ2) is 9.79. The van der Waals surface area contributed by atoms with Crippen molar-refractivity contribution < 1.29 is 14.3 Å². The SMILES string of the molecule is COc1ccc(CC(=O)N2CCNC(=O)[C@H](Cc3ccccc3-c3cccs3)C2)cc1. The van der Waals surface area contributed by atoms with Gasteiger partial charge in [-0.15, -0.1) is 11.3 Å². The number of rotatable bonds is 6. The van der Waals surface area contributed by atoms with Crippen LogP contribution in [0.2, 0.25) is 0 Å². The number of nitrogens with zero attached hydrogens (tertiary/aromatic N) is 1. The summed E-state index contributed by atoms with van der Waals surface area (Å²) in [5.74, 6) is 0.549. The van der Waals surface area contributed by atoms with Crippen LogP contribution in [0, 0.1) is 5.92 Å². The number of thiophene rings is 1. The molecule has 5 nitrogen and oxygen atoms in total. The van der Waals surface area contributed by atoms with Crippen molar-refractivity contribution in [2.45, 2.75) is 12.8 Å². The molecule has 0 unspecified atom stereocenters. The van der Waals surface area contributed by atoms with E-state index >= 15 is 0 Å². The lowest BCUT2D eigenvalue weighted by molar-refractivity contribution is -0.131. The average molecular weight is 435 g/mol. The van der Waals surface area contributed by atoms with Crippen LogP contribution in [-0.2, 0) is 22.4 Å². The smallest absolute Gasteiger partial charge is 0.227 e. The summed E-state index contributed by atoms with van der Waals surface area (Å²) in [5.41, 5.74) is 3.23. The van der Waals surface area contributed by atoms with Crippen molar-refractivity contribution >= 4 is 23.2 Å². The fourth-order valence-corrected chi connectivity index (χ4v) is 4.74. The van der Waals surface area contributed by atoms with Crippen molar-refractivity contribution in [3.8, 4) is 16.2 Å². The molecular weight excluding hydrogens is 408 g/mol. The van der Waals surface area contributed by atoms with Crippen LogP contribution in [0.5, 0.6) is 5.75 Å². The first-order valence-corrected chi connectivity index (χ1v) is 11.3. The highest BCUT2D eigenvalue weighted by atomic mass is 32.1. The molecule has 31 heavy (non-hydrogen) atoms. The predicted octanol–water partition coefficient (Wildman–Crippen LogP) is 3.78. The Morgan fingerprint density at radius 1 is 1.13 bits per heavy atom. The molecule has 2 heterocycles. The first-order chi connectivity index (χ1) is 15.1. The lowest BCUT2D eigenvalue weighted by Crippen LogP contribution is -2.38. The molecule has 6 heteroatoms. The number of ether oxygens (including phenoxy) is 1. The van der Waals surface area contributed by atoms with E-state index in [-0.39, 0.29) is 17.7 Å². The molecule has 0 radical (unpaired) electrons. The maximum atomic E-state index is 13.0. The van der Waals surface area contributed by atoms with Gasteiger partial charge in [-0.1, -0.05) is 42.5 Å². The van der Waals surface area contributed by atoms with E-state index in [4.69, 9.17) is 4.74 Å². The van der Waals surface area contributed by atoms with Crippen molar-refractivity contribution in [1.29, 1.82) is 0 Å². The predicted molar refractivity (Wildman–Crippen MR) is 123 cm³/mol. The number of nitrogens with one attached hydrogen (secondary N) is 1. The van der Waals surface area contributed by atoms with E-state index in [0.29, 0.717) is 32.5 Å². The minimum atomic E-state index is -0.275. The highest BCUT2D eigenvalue weighted by Gasteiger charge is 2.28. The lowest BCUT2D eigenvalue weighted by Gasteiger charge is -2.24. The Morgan fingerprint density at radius 2 is 1.94 bits per heavy atom. The van der Waals surface area contributed by atoms with Gasteiger partial charge < -0.3 is 15.0 Å². The Morgan fingerprint density at radius 3 is 2.68 bits per heavy atom. The number of methoxy groups -OCH3 is 1.